The Morgan fingerprint density at radius 3 is 2.08 bits per heavy atom. The maximum atomic E-state index is 9.38. The van der Waals surface area contributed by atoms with Gasteiger partial charge < -0.3 is 0 Å². The third kappa shape index (κ3) is 3.49. The molecule has 0 unspecified atom stereocenters. The zero-order valence-corrected chi connectivity index (χ0v) is 21.5. The van der Waals surface area contributed by atoms with Crippen LogP contribution in [0.3, 0.4) is 0 Å². The van der Waals surface area contributed by atoms with Crippen molar-refractivity contribution >= 4 is 64.2 Å². The Morgan fingerprint density at radius 1 is 0.538 bits per heavy atom. The molecule has 8 rings (SSSR count). The first-order valence-corrected chi connectivity index (χ1v) is 13.6. The van der Waals surface area contributed by atoms with Crippen molar-refractivity contribution in [2.24, 2.45) is 0 Å². The molecule has 0 radical (unpaired) electrons. The van der Waals surface area contributed by atoms with Crippen LogP contribution in [-0.4, -0.2) is 9.97 Å². The smallest absolute Gasteiger partial charge is 0.0991 e. The number of aromatic nitrogens is 2. The number of hydrogen-bond acceptors (Lipinski definition) is 4. The average Bonchev–Trinajstić information content (AvgIpc) is 3.37. The molecule has 0 saturated heterocycles. The van der Waals surface area contributed by atoms with Gasteiger partial charge in [0.1, 0.15) is 0 Å². The van der Waals surface area contributed by atoms with E-state index in [1.165, 1.54) is 14.8 Å². The van der Waals surface area contributed by atoms with Crippen molar-refractivity contribution in [2.75, 3.05) is 0 Å². The minimum atomic E-state index is 0.689. The molecule has 180 valence electrons. The van der Waals surface area contributed by atoms with Gasteiger partial charge in [-0.15, -0.1) is 11.3 Å². The number of nitrogens with zero attached hydrogens (tertiary/aromatic N) is 3. The first-order chi connectivity index (χ1) is 19.2. The van der Waals surface area contributed by atoms with Gasteiger partial charge in [0.15, 0.2) is 0 Å². The van der Waals surface area contributed by atoms with Crippen molar-refractivity contribution in [1.82, 2.24) is 9.97 Å². The van der Waals surface area contributed by atoms with Crippen LogP contribution in [0.2, 0.25) is 0 Å². The fourth-order valence-corrected chi connectivity index (χ4v) is 6.59. The van der Waals surface area contributed by atoms with Crippen molar-refractivity contribution < 1.29 is 0 Å². The molecule has 0 saturated carbocycles. The van der Waals surface area contributed by atoms with Gasteiger partial charge in [-0.25, -0.2) is 9.97 Å². The molecule has 3 aromatic heterocycles. The minimum absolute atomic E-state index is 0.689. The number of thiophene rings is 1. The second-order valence-electron chi connectivity index (χ2n) is 9.77. The van der Waals surface area contributed by atoms with Crippen LogP contribution in [0.15, 0.2) is 115 Å². The third-order valence-corrected chi connectivity index (χ3v) is 8.61. The standard InChI is InChI=1S/C35H19N3S/c36-20-21-9-15-32-27(17-21)28-18-24(14-16-33(28)39-32)22-10-12-23(13-11-22)34-29-19-25-5-1-3-7-30(25)37-35(29)26-6-2-4-8-31(26)38-34/h1-19H. The van der Waals surface area contributed by atoms with Gasteiger partial charge in [-0.05, 0) is 59.7 Å². The summed E-state index contributed by atoms with van der Waals surface area (Å²) in [6, 6.07) is 42.1. The van der Waals surface area contributed by atoms with Gasteiger partial charge in [0.2, 0.25) is 0 Å². The average molecular weight is 514 g/mol. The molecular formula is C35H19N3S. The van der Waals surface area contributed by atoms with E-state index in [-0.39, 0.29) is 0 Å². The number of hydrogen-bond donors (Lipinski definition) is 0. The van der Waals surface area contributed by atoms with Gasteiger partial charge in [0.05, 0.1) is 33.9 Å². The summed E-state index contributed by atoms with van der Waals surface area (Å²) in [6.07, 6.45) is 0. The summed E-state index contributed by atoms with van der Waals surface area (Å²) in [4.78, 5) is 10.2. The Kier molecular flexibility index (Phi) is 4.75. The zero-order chi connectivity index (χ0) is 25.9. The predicted octanol–water partition coefficient (Wildman–Crippen LogP) is 9.51. The molecule has 0 N–H and O–H groups in total. The molecular weight excluding hydrogens is 494 g/mol. The van der Waals surface area contributed by atoms with E-state index in [1.54, 1.807) is 11.3 Å². The lowest BCUT2D eigenvalue weighted by molar-refractivity contribution is 1.41. The minimum Gasteiger partial charge on any atom is -0.247 e. The van der Waals surface area contributed by atoms with E-state index in [0.717, 1.165) is 60.5 Å². The molecule has 3 nitrogen and oxygen atoms in total. The molecule has 0 aliphatic carbocycles. The van der Waals surface area contributed by atoms with Crippen LogP contribution in [0.4, 0.5) is 0 Å². The highest BCUT2D eigenvalue weighted by molar-refractivity contribution is 7.25. The van der Waals surface area contributed by atoms with E-state index in [0.29, 0.717) is 5.56 Å². The van der Waals surface area contributed by atoms with E-state index in [9.17, 15) is 5.26 Å². The topological polar surface area (TPSA) is 49.6 Å². The molecule has 0 aliphatic rings. The summed E-state index contributed by atoms with van der Waals surface area (Å²) < 4.78 is 2.43. The van der Waals surface area contributed by atoms with Gasteiger partial charge in [0.25, 0.3) is 0 Å². The fraction of sp³-hybridized carbons (Fsp3) is 0. The molecule has 3 heterocycles. The quantitative estimate of drug-likeness (QED) is 0.171. The number of rotatable bonds is 2. The summed E-state index contributed by atoms with van der Waals surface area (Å²) in [5.74, 6) is 0. The highest BCUT2D eigenvalue weighted by Gasteiger charge is 2.14. The number of nitriles is 1. The van der Waals surface area contributed by atoms with Crippen molar-refractivity contribution in [3.63, 3.8) is 0 Å². The maximum absolute atomic E-state index is 9.38. The Labute approximate surface area is 228 Å². The van der Waals surface area contributed by atoms with Crippen molar-refractivity contribution in [1.29, 1.82) is 5.26 Å². The van der Waals surface area contributed by atoms with Crippen LogP contribution < -0.4 is 0 Å². The summed E-state index contributed by atoms with van der Waals surface area (Å²) in [5.41, 5.74) is 7.90. The number of fused-ring (bicyclic) bond motifs is 7. The molecule has 8 aromatic rings. The van der Waals surface area contributed by atoms with Gasteiger partial charge in [-0.1, -0.05) is 66.7 Å². The Balaban J connectivity index is 1.28. The fourth-order valence-electron chi connectivity index (χ4n) is 5.52. The van der Waals surface area contributed by atoms with Crippen molar-refractivity contribution in [3.05, 3.63) is 121 Å². The van der Waals surface area contributed by atoms with Crippen molar-refractivity contribution in [3.8, 4) is 28.5 Å². The molecule has 5 aromatic carbocycles. The normalized spacial score (nSPS) is 11.6. The van der Waals surface area contributed by atoms with Gasteiger partial charge in [0, 0.05) is 41.9 Å². The maximum Gasteiger partial charge on any atom is 0.0991 e. The number of pyridine rings is 2. The first-order valence-electron chi connectivity index (χ1n) is 12.8. The highest BCUT2D eigenvalue weighted by atomic mass is 32.1. The van der Waals surface area contributed by atoms with Gasteiger partial charge in [-0.2, -0.15) is 5.26 Å². The lowest BCUT2D eigenvalue weighted by Gasteiger charge is -2.11. The van der Waals surface area contributed by atoms with Crippen LogP contribution >= 0.6 is 11.3 Å². The largest absolute Gasteiger partial charge is 0.247 e. The first kappa shape index (κ1) is 21.9. The van der Waals surface area contributed by atoms with Crippen LogP contribution in [0.25, 0.3) is 75.3 Å². The van der Waals surface area contributed by atoms with E-state index in [2.05, 4.69) is 78.9 Å². The van der Waals surface area contributed by atoms with Crippen molar-refractivity contribution in [2.45, 2.75) is 0 Å². The van der Waals surface area contributed by atoms with Crippen LogP contribution in [0.5, 0.6) is 0 Å². The summed E-state index contributed by atoms with van der Waals surface area (Å²) in [6.45, 7) is 0. The lowest BCUT2D eigenvalue weighted by Crippen LogP contribution is -1.92. The van der Waals surface area contributed by atoms with Crippen LogP contribution in [0.1, 0.15) is 5.56 Å². The molecule has 0 bridgehead atoms. The van der Waals surface area contributed by atoms with E-state index in [1.807, 2.05) is 42.5 Å². The SMILES string of the molecule is N#Cc1ccc2sc3ccc(-c4ccc(-c5nc6ccccc6c6nc7ccccc7cc56)cc4)cc3c2c1. The Hall–Kier alpha value is -5.11. The lowest BCUT2D eigenvalue weighted by atomic mass is 9.98. The predicted molar refractivity (Wildman–Crippen MR) is 163 cm³/mol. The van der Waals surface area contributed by atoms with Gasteiger partial charge in [-0.3, -0.25) is 0 Å². The summed E-state index contributed by atoms with van der Waals surface area (Å²) >= 11 is 1.76. The highest BCUT2D eigenvalue weighted by Crippen LogP contribution is 2.38. The second kappa shape index (κ2) is 8.46. The molecule has 0 fully saturated rings. The number of para-hydroxylation sites is 2. The monoisotopic (exact) mass is 513 g/mol. The van der Waals surface area contributed by atoms with E-state index >= 15 is 0 Å². The van der Waals surface area contributed by atoms with Crippen LogP contribution in [0, 0.1) is 11.3 Å². The molecule has 0 aliphatic heterocycles. The van der Waals surface area contributed by atoms with E-state index < -0.39 is 0 Å². The van der Waals surface area contributed by atoms with Gasteiger partial charge >= 0.3 is 0 Å². The Bertz CT molecular complexity index is 2290. The number of benzene rings is 5. The molecule has 0 spiro atoms. The Morgan fingerprint density at radius 2 is 1.23 bits per heavy atom. The zero-order valence-electron chi connectivity index (χ0n) is 20.7. The molecule has 4 heteroatoms. The second-order valence-corrected chi connectivity index (χ2v) is 10.9. The molecule has 0 amide bonds. The van der Waals surface area contributed by atoms with Crippen LogP contribution in [-0.2, 0) is 0 Å². The van der Waals surface area contributed by atoms with E-state index in [4.69, 9.17) is 9.97 Å². The molecule has 0 atom stereocenters. The third-order valence-electron chi connectivity index (χ3n) is 7.46. The summed E-state index contributed by atoms with van der Waals surface area (Å²) in [7, 11) is 0. The summed E-state index contributed by atoms with van der Waals surface area (Å²) in [5, 5.41) is 14.9. The molecule has 39 heavy (non-hydrogen) atoms.